The number of Topliss-reactive ketones (excluding diaryl/α,β-unsaturated/α-hetero) is 1. The second-order valence-corrected chi connectivity index (χ2v) is 5.26. The van der Waals surface area contributed by atoms with Gasteiger partial charge in [-0.15, -0.1) is 0 Å². The quantitative estimate of drug-likeness (QED) is 0.862. The number of fused-ring (bicyclic) bond motifs is 1. The van der Waals surface area contributed by atoms with Crippen LogP contribution in [0.25, 0.3) is 10.8 Å². The minimum atomic E-state index is -0.941. The number of hydrogen-bond donors (Lipinski definition) is 1. The van der Waals surface area contributed by atoms with Gasteiger partial charge in [0, 0.05) is 11.5 Å². The Balaban J connectivity index is 2.54. The smallest absolute Gasteiger partial charge is 0.306 e. The minimum absolute atomic E-state index is 0.103. The number of carbonyl (C=O) groups excluding carboxylic acids is 1. The van der Waals surface area contributed by atoms with Gasteiger partial charge >= 0.3 is 5.97 Å². The van der Waals surface area contributed by atoms with Gasteiger partial charge in [0.1, 0.15) is 0 Å². The number of ketones is 1. The van der Waals surface area contributed by atoms with E-state index in [2.05, 4.69) is 0 Å². The molecule has 0 amide bonds. The summed E-state index contributed by atoms with van der Waals surface area (Å²) in [6.45, 7) is 5.14. The van der Waals surface area contributed by atoms with Gasteiger partial charge in [0.05, 0.1) is 5.92 Å². The standard InChI is InChI=1S/C17H18O3/c1-10-8-9-13-6-4-5-7-14(13)15(10)16(18)11(2)12(3)17(19)20/h4-9,11-12H,1-3H3,(H,19,20). The van der Waals surface area contributed by atoms with Gasteiger partial charge in [0.15, 0.2) is 5.78 Å². The van der Waals surface area contributed by atoms with E-state index in [-0.39, 0.29) is 5.78 Å². The first-order chi connectivity index (χ1) is 9.43. The van der Waals surface area contributed by atoms with Crippen molar-refractivity contribution < 1.29 is 14.7 Å². The van der Waals surface area contributed by atoms with Crippen LogP contribution in [0, 0.1) is 18.8 Å². The molecule has 2 aromatic rings. The largest absolute Gasteiger partial charge is 0.481 e. The van der Waals surface area contributed by atoms with Crippen molar-refractivity contribution in [2.24, 2.45) is 11.8 Å². The van der Waals surface area contributed by atoms with Gasteiger partial charge in [-0.2, -0.15) is 0 Å². The van der Waals surface area contributed by atoms with E-state index in [1.54, 1.807) is 13.8 Å². The number of carboxylic acid groups (broad SMARTS) is 1. The van der Waals surface area contributed by atoms with Crippen molar-refractivity contribution in [3.05, 3.63) is 47.5 Å². The first kappa shape index (κ1) is 14.3. The average Bonchev–Trinajstić information content (AvgIpc) is 2.44. The highest BCUT2D eigenvalue weighted by molar-refractivity contribution is 6.11. The Morgan fingerprint density at radius 2 is 1.65 bits per heavy atom. The molecule has 3 heteroatoms. The number of aryl methyl sites for hydroxylation is 1. The SMILES string of the molecule is Cc1ccc2ccccc2c1C(=O)C(C)C(C)C(=O)O. The fourth-order valence-electron chi connectivity index (χ4n) is 2.38. The predicted molar refractivity (Wildman–Crippen MR) is 79.0 cm³/mol. The molecule has 0 saturated carbocycles. The summed E-state index contributed by atoms with van der Waals surface area (Å²) < 4.78 is 0. The summed E-state index contributed by atoms with van der Waals surface area (Å²) in [5, 5.41) is 11.0. The third-order valence-electron chi connectivity index (χ3n) is 3.94. The summed E-state index contributed by atoms with van der Waals surface area (Å²) in [6.07, 6.45) is 0. The van der Waals surface area contributed by atoms with Crippen molar-refractivity contribution in [1.29, 1.82) is 0 Å². The van der Waals surface area contributed by atoms with E-state index in [9.17, 15) is 9.59 Å². The lowest BCUT2D eigenvalue weighted by atomic mass is 9.85. The molecular formula is C17H18O3. The highest BCUT2D eigenvalue weighted by Crippen LogP contribution is 2.27. The zero-order valence-electron chi connectivity index (χ0n) is 11.9. The van der Waals surface area contributed by atoms with Crippen LogP contribution in [0.4, 0.5) is 0 Å². The Morgan fingerprint density at radius 1 is 1.00 bits per heavy atom. The van der Waals surface area contributed by atoms with Crippen LogP contribution < -0.4 is 0 Å². The minimum Gasteiger partial charge on any atom is -0.481 e. The third kappa shape index (κ3) is 2.44. The topological polar surface area (TPSA) is 54.4 Å². The Labute approximate surface area is 118 Å². The van der Waals surface area contributed by atoms with Crippen LogP contribution in [0.15, 0.2) is 36.4 Å². The lowest BCUT2D eigenvalue weighted by Crippen LogP contribution is -2.26. The first-order valence-electron chi connectivity index (χ1n) is 6.69. The Morgan fingerprint density at radius 3 is 2.30 bits per heavy atom. The number of benzene rings is 2. The van der Waals surface area contributed by atoms with Crippen LogP contribution in [0.5, 0.6) is 0 Å². The highest BCUT2D eigenvalue weighted by Gasteiger charge is 2.28. The van der Waals surface area contributed by atoms with E-state index in [4.69, 9.17) is 5.11 Å². The van der Waals surface area contributed by atoms with Crippen LogP contribution in [0.2, 0.25) is 0 Å². The molecule has 0 radical (unpaired) electrons. The molecule has 0 saturated heterocycles. The predicted octanol–water partition coefficient (Wildman–Crippen LogP) is 3.69. The van der Waals surface area contributed by atoms with Crippen molar-refractivity contribution in [2.45, 2.75) is 20.8 Å². The van der Waals surface area contributed by atoms with Gasteiger partial charge in [-0.25, -0.2) is 0 Å². The van der Waals surface area contributed by atoms with Crippen molar-refractivity contribution in [2.75, 3.05) is 0 Å². The molecule has 0 aliphatic carbocycles. The normalized spacial score (nSPS) is 13.9. The third-order valence-corrected chi connectivity index (χ3v) is 3.94. The second kappa shape index (κ2) is 5.45. The highest BCUT2D eigenvalue weighted by atomic mass is 16.4. The maximum Gasteiger partial charge on any atom is 0.306 e. The fourth-order valence-corrected chi connectivity index (χ4v) is 2.38. The molecule has 0 aliphatic rings. The number of aliphatic carboxylic acids is 1. The van der Waals surface area contributed by atoms with E-state index in [0.717, 1.165) is 16.3 Å². The number of carbonyl (C=O) groups is 2. The van der Waals surface area contributed by atoms with Gasteiger partial charge < -0.3 is 5.11 Å². The summed E-state index contributed by atoms with van der Waals surface area (Å²) in [5.41, 5.74) is 1.53. The van der Waals surface area contributed by atoms with Gasteiger partial charge in [0.2, 0.25) is 0 Å². The number of rotatable bonds is 4. The van der Waals surface area contributed by atoms with Gasteiger partial charge in [-0.1, -0.05) is 50.2 Å². The fraction of sp³-hybridized carbons (Fsp3) is 0.294. The molecule has 0 bridgehead atoms. The Kier molecular flexibility index (Phi) is 3.89. The van der Waals surface area contributed by atoms with Gasteiger partial charge in [-0.05, 0) is 23.3 Å². The van der Waals surface area contributed by atoms with Gasteiger partial charge in [-0.3, -0.25) is 9.59 Å². The molecule has 0 heterocycles. The zero-order valence-corrected chi connectivity index (χ0v) is 11.9. The van der Waals surface area contributed by atoms with Crippen LogP contribution in [-0.4, -0.2) is 16.9 Å². The average molecular weight is 270 g/mol. The molecule has 1 N–H and O–H groups in total. The van der Waals surface area contributed by atoms with E-state index in [0.29, 0.717) is 5.56 Å². The van der Waals surface area contributed by atoms with Crippen LogP contribution >= 0.6 is 0 Å². The van der Waals surface area contributed by atoms with Crippen LogP contribution in [0.3, 0.4) is 0 Å². The zero-order chi connectivity index (χ0) is 14.9. The maximum atomic E-state index is 12.7. The van der Waals surface area contributed by atoms with Crippen molar-refractivity contribution in [3.8, 4) is 0 Å². The summed E-state index contributed by atoms with van der Waals surface area (Å²) >= 11 is 0. The van der Waals surface area contributed by atoms with E-state index in [1.165, 1.54) is 0 Å². The molecule has 3 nitrogen and oxygen atoms in total. The molecule has 20 heavy (non-hydrogen) atoms. The molecule has 2 unspecified atom stereocenters. The lowest BCUT2D eigenvalue weighted by Gasteiger charge is -2.17. The van der Waals surface area contributed by atoms with Gasteiger partial charge in [0.25, 0.3) is 0 Å². The van der Waals surface area contributed by atoms with Crippen LogP contribution in [-0.2, 0) is 4.79 Å². The molecule has 104 valence electrons. The van der Waals surface area contributed by atoms with Crippen molar-refractivity contribution in [3.63, 3.8) is 0 Å². The molecule has 0 aromatic heterocycles. The molecule has 2 aromatic carbocycles. The summed E-state index contributed by atoms with van der Waals surface area (Å²) in [6, 6.07) is 11.6. The number of carboxylic acids is 1. The molecule has 0 aliphatic heterocycles. The monoisotopic (exact) mass is 270 g/mol. The Bertz CT molecular complexity index is 673. The second-order valence-electron chi connectivity index (χ2n) is 5.26. The van der Waals surface area contributed by atoms with Crippen molar-refractivity contribution >= 4 is 22.5 Å². The molecular weight excluding hydrogens is 252 g/mol. The Hall–Kier alpha value is -2.16. The first-order valence-corrected chi connectivity index (χ1v) is 6.69. The summed E-state index contributed by atoms with van der Waals surface area (Å²) in [4.78, 5) is 23.7. The molecule has 2 atom stereocenters. The molecule has 0 spiro atoms. The van der Waals surface area contributed by atoms with Crippen molar-refractivity contribution in [1.82, 2.24) is 0 Å². The van der Waals surface area contributed by atoms with E-state index in [1.807, 2.05) is 43.3 Å². The molecule has 0 fully saturated rings. The van der Waals surface area contributed by atoms with E-state index < -0.39 is 17.8 Å². The molecule has 2 rings (SSSR count). The summed E-state index contributed by atoms with van der Waals surface area (Å²) in [7, 11) is 0. The van der Waals surface area contributed by atoms with Crippen LogP contribution in [0.1, 0.15) is 29.8 Å². The maximum absolute atomic E-state index is 12.7. The van der Waals surface area contributed by atoms with E-state index >= 15 is 0 Å². The summed E-state index contributed by atoms with van der Waals surface area (Å²) in [5.74, 6) is -2.28. The lowest BCUT2D eigenvalue weighted by molar-refractivity contribution is -0.142. The number of hydrogen-bond acceptors (Lipinski definition) is 2.